The summed E-state index contributed by atoms with van der Waals surface area (Å²) in [4.78, 5) is 11.8. The largest absolute Gasteiger partial charge is 0.290 e. The minimum atomic E-state index is -0.379. The van der Waals surface area contributed by atoms with Crippen molar-refractivity contribution in [1.82, 2.24) is 20.0 Å². The SMILES string of the molecule is Cc1ccc(Cc2nnc3c(C(=O)NN)cccn23)cc1C. The van der Waals surface area contributed by atoms with Crippen LogP contribution in [-0.4, -0.2) is 20.5 Å². The molecule has 22 heavy (non-hydrogen) atoms. The number of rotatable bonds is 3. The molecule has 3 N–H and O–H groups in total. The number of hydrogen-bond donors (Lipinski definition) is 2. The van der Waals surface area contributed by atoms with Crippen LogP contribution >= 0.6 is 0 Å². The fourth-order valence-electron chi connectivity index (χ4n) is 2.44. The maximum atomic E-state index is 11.8. The lowest BCUT2D eigenvalue weighted by atomic mass is 10.0. The van der Waals surface area contributed by atoms with E-state index in [0.29, 0.717) is 17.6 Å². The van der Waals surface area contributed by atoms with Crippen molar-refractivity contribution in [2.24, 2.45) is 5.84 Å². The molecule has 6 heteroatoms. The second-order valence-corrected chi connectivity index (χ2v) is 5.30. The second kappa shape index (κ2) is 5.57. The molecule has 0 aliphatic carbocycles. The molecule has 0 bridgehead atoms. The van der Waals surface area contributed by atoms with Crippen molar-refractivity contribution < 1.29 is 4.79 Å². The van der Waals surface area contributed by atoms with Crippen LogP contribution in [0.4, 0.5) is 0 Å². The molecule has 0 fully saturated rings. The van der Waals surface area contributed by atoms with E-state index in [1.54, 1.807) is 12.1 Å². The minimum absolute atomic E-state index is 0.379. The molecule has 6 nitrogen and oxygen atoms in total. The van der Waals surface area contributed by atoms with Crippen molar-refractivity contribution in [3.05, 3.63) is 64.6 Å². The summed E-state index contributed by atoms with van der Waals surface area (Å²) in [6.07, 6.45) is 2.50. The third kappa shape index (κ3) is 2.44. The Morgan fingerprint density at radius 3 is 2.77 bits per heavy atom. The number of amides is 1. The van der Waals surface area contributed by atoms with Gasteiger partial charge in [-0.1, -0.05) is 18.2 Å². The predicted molar refractivity (Wildman–Crippen MR) is 83.4 cm³/mol. The lowest BCUT2D eigenvalue weighted by Gasteiger charge is -2.05. The molecule has 0 spiro atoms. The maximum absolute atomic E-state index is 11.8. The highest BCUT2D eigenvalue weighted by Crippen LogP contribution is 2.15. The number of fused-ring (bicyclic) bond motifs is 1. The lowest BCUT2D eigenvalue weighted by Crippen LogP contribution is -2.30. The van der Waals surface area contributed by atoms with Crippen LogP contribution in [0.1, 0.15) is 32.9 Å². The van der Waals surface area contributed by atoms with E-state index in [1.807, 2.05) is 10.6 Å². The van der Waals surface area contributed by atoms with Crippen molar-refractivity contribution in [3.63, 3.8) is 0 Å². The number of carbonyl (C=O) groups is 1. The zero-order chi connectivity index (χ0) is 15.7. The maximum Gasteiger partial charge on any atom is 0.269 e. The lowest BCUT2D eigenvalue weighted by molar-refractivity contribution is 0.0954. The van der Waals surface area contributed by atoms with Gasteiger partial charge >= 0.3 is 0 Å². The van der Waals surface area contributed by atoms with Crippen molar-refractivity contribution in [2.75, 3.05) is 0 Å². The molecule has 112 valence electrons. The first-order valence-electron chi connectivity index (χ1n) is 7.00. The van der Waals surface area contributed by atoms with E-state index < -0.39 is 0 Å². The zero-order valence-electron chi connectivity index (χ0n) is 12.5. The van der Waals surface area contributed by atoms with E-state index in [9.17, 15) is 4.79 Å². The smallest absolute Gasteiger partial charge is 0.269 e. The van der Waals surface area contributed by atoms with Gasteiger partial charge in [-0.15, -0.1) is 10.2 Å². The molecular formula is C16H17N5O. The van der Waals surface area contributed by atoms with E-state index in [4.69, 9.17) is 5.84 Å². The van der Waals surface area contributed by atoms with Gasteiger partial charge in [-0.25, -0.2) is 5.84 Å². The Hall–Kier alpha value is -2.73. The summed E-state index contributed by atoms with van der Waals surface area (Å²) in [7, 11) is 0. The van der Waals surface area contributed by atoms with E-state index >= 15 is 0 Å². The van der Waals surface area contributed by atoms with Gasteiger partial charge in [0.05, 0.1) is 5.56 Å². The summed E-state index contributed by atoms with van der Waals surface area (Å²) in [6, 6.07) is 9.78. The fraction of sp³-hybridized carbons (Fsp3) is 0.188. The highest BCUT2D eigenvalue weighted by atomic mass is 16.2. The highest BCUT2D eigenvalue weighted by Gasteiger charge is 2.14. The first kappa shape index (κ1) is 14.2. The molecular weight excluding hydrogens is 278 g/mol. The molecule has 0 unspecified atom stereocenters. The van der Waals surface area contributed by atoms with Crippen molar-refractivity contribution in [2.45, 2.75) is 20.3 Å². The van der Waals surface area contributed by atoms with Crippen molar-refractivity contribution in [3.8, 4) is 0 Å². The number of benzene rings is 1. The third-order valence-corrected chi connectivity index (χ3v) is 3.81. The summed E-state index contributed by atoms with van der Waals surface area (Å²) in [5, 5.41) is 8.33. The van der Waals surface area contributed by atoms with Crippen LogP contribution in [0.2, 0.25) is 0 Å². The van der Waals surface area contributed by atoms with Crippen LogP contribution in [-0.2, 0) is 6.42 Å². The number of nitrogens with two attached hydrogens (primary N) is 1. The van der Waals surface area contributed by atoms with E-state index in [0.717, 1.165) is 11.4 Å². The molecule has 0 aliphatic rings. The van der Waals surface area contributed by atoms with Gasteiger partial charge in [0, 0.05) is 12.6 Å². The molecule has 0 saturated carbocycles. The minimum Gasteiger partial charge on any atom is -0.290 e. The van der Waals surface area contributed by atoms with Crippen LogP contribution in [0.25, 0.3) is 5.65 Å². The van der Waals surface area contributed by atoms with Gasteiger partial charge in [-0.3, -0.25) is 14.6 Å². The zero-order valence-corrected chi connectivity index (χ0v) is 12.5. The molecule has 0 saturated heterocycles. The Morgan fingerprint density at radius 2 is 2.05 bits per heavy atom. The van der Waals surface area contributed by atoms with E-state index in [-0.39, 0.29) is 5.91 Å². The highest BCUT2D eigenvalue weighted by molar-refractivity contribution is 5.99. The predicted octanol–water partition coefficient (Wildman–Crippen LogP) is 1.54. The molecule has 0 atom stereocenters. The summed E-state index contributed by atoms with van der Waals surface area (Å²) in [6.45, 7) is 4.17. The molecule has 3 aromatic rings. The van der Waals surface area contributed by atoms with Gasteiger partial charge in [-0.05, 0) is 42.7 Å². The standard InChI is InChI=1S/C16H17N5O/c1-10-5-6-12(8-11(10)2)9-14-19-20-15-13(16(22)18-17)4-3-7-21(14)15/h3-8H,9,17H2,1-2H3,(H,18,22). The Labute approximate surface area is 127 Å². The van der Waals surface area contributed by atoms with E-state index in [2.05, 4.69) is 47.7 Å². The van der Waals surface area contributed by atoms with E-state index in [1.165, 1.54) is 11.1 Å². The summed E-state index contributed by atoms with van der Waals surface area (Å²) in [5.74, 6) is 5.60. The summed E-state index contributed by atoms with van der Waals surface area (Å²) in [5.41, 5.74) is 6.70. The summed E-state index contributed by atoms with van der Waals surface area (Å²) >= 11 is 0. The molecule has 2 aromatic heterocycles. The number of aromatic nitrogens is 3. The Morgan fingerprint density at radius 1 is 1.23 bits per heavy atom. The van der Waals surface area contributed by atoms with Gasteiger partial charge in [-0.2, -0.15) is 0 Å². The number of nitrogens with one attached hydrogen (secondary N) is 1. The Bertz CT molecular complexity index is 853. The number of hydrogen-bond acceptors (Lipinski definition) is 4. The first-order chi connectivity index (χ1) is 10.6. The molecule has 3 rings (SSSR count). The molecule has 0 radical (unpaired) electrons. The molecule has 1 amide bonds. The van der Waals surface area contributed by atoms with Gasteiger partial charge in [0.2, 0.25) is 0 Å². The monoisotopic (exact) mass is 295 g/mol. The normalized spacial score (nSPS) is 10.9. The average Bonchev–Trinajstić information content (AvgIpc) is 2.93. The molecule has 1 aromatic carbocycles. The average molecular weight is 295 g/mol. The van der Waals surface area contributed by atoms with Gasteiger partial charge in [0.1, 0.15) is 5.82 Å². The first-order valence-corrected chi connectivity index (χ1v) is 7.00. The number of pyridine rings is 1. The second-order valence-electron chi connectivity index (χ2n) is 5.30. The summed E-state index contributed by atoms with van der Waals surface area (Å²) < 4.78 is 1.82. The van der Waals surface area contributed by atoms with Crippen LogP contribution in [0, 0.1) is 13.8 Å². The Balaban J connectivity index is 2.01. The molecule has 0 aliphatic heterocycles. The van der Waals surface area contributed by atoms with Crippen molar-refractivity contribution in [1.29, 1.82) is 0 Å². The van der Waals surface area contributed by atoms with Crippen molar-refractivity contribution >= 4 is 11.6 Å². The van der Waals surface area contributed by atoms with Crippen LogP contribution in [0.15, 0.2) is 36.5 Å². The van der Waals surface area contributed by atoms with Crippen LogP contribution in [0.5, 0.6) is 0 Å². The number of aryl methyl sites for hydroxylation is 2. The quantitative estimate of drug-likeness (QED) is 0.436. The molecule has 2 heterocycles. The van der Waals surface area contributed by atoms with Crippen LogP contribution in [0.3, 0.4) is 0 Å². The number of nitrogens with zero attached hydrogens (tertiary/aromatic N) is 3. The topological polar surface area (TPSA) is 85.3 Å². The van der Waals surface area contributed by atoms with Gasteiger partial charge in [0.15, 0.2) is 5.65 Å². The van der Waals surface area contributed by atoms with Gasteiger partial charge < -0.3 is 0 Å². The fourth-order valence-corrected chi connectivity index (χ4v) is 2.44. The Kier molecular flexibility index (Phi) is 3.60. The third-order valence-electron chi connectivity index (χ3n) is 3.81. The number of hydrazine groups is 1. The van der Waals surface area contributed by atoms with Gasteiger partial charge in [0.25, 0.3) is 5.91 Å². The number of nitrogen functional groups attached to an aromatic ring is 1. The van der Waals surface area contributed by atoms with Crippen LogP contribution < -0.4 is 11.3 Å². The number of carbonyl (C=O) groups excluding carboxylic acids is 1.